The topological polar surface area (TPSA) is 175 Å². The second-order valence-electron chi connectivity index (χ2n) is 19.2. The molecule has 6 unspecified atom stereocenters. The third-order valence-corrected chi connectivity index (χ3v) is 12.1. The van der Waals surface area contributed by atoms with Crippen molar-refractivity contribution in [2.75, 3.05) is 13.2 Å². The number of carboxylic acids is 1. The van der Waals surface area contributed by atoms with Gasteiger partial charge in [-0.05, 0) is 116 Å². The monoisotopic (exact) mass is 1100 g/mol. The molecule has 1 aliphatic heterocycles. The molecule has 12 nitrogen and oxygen atoms in total. The highest BCUT2D eigenvalue weighted by molar-refractivity contribution is 5.74. The van der Waals surface area contributed by atoms with Gasteiger partial charge < -0.3 is 39.0 Å². The molecule has 0 radical (unpaired) electrons. The molecule has 440 valence electrons. The first-order valence-corrected chi connectivity index (χ1v) is 29.5. The SMILES string of the molecule is CC/C=C\C/C=C\C/C=C\C/C=C\C/C=C\C/C=C\CCC(=O)OC1C(OCC(COC(=O)C/C=C\C/C=C\C/C=C\C/C=C\C/C=C\CC)OC(=O)CCCCCCC/C=C\C/C=C\CCCCC)OC(C(=O)O)C(O)C1O. The van der Waals surface area contributed by atoms with E-state index in [1.165, 1.54) is 19.3 Å². The first-order valence-electron chi connectivity index (χ1n) is 29.5. The summed E-state index contributed by atoms with van der Waals surface area (Å²) in [6.07, 6.45) is 65.3. The Balaban J connectivity index is 2.81. The number of hydrogen-bond donors (Lipinski definition) is 3. The van der Waals surface area contributed by atoms with Crippen molar-refractivity contribution in [1.29, 1.82) is 0 Å². The minimum absolute atomic E-state index is 0.0340. The summed E-state index contributed by atoms with van der Waals surface area (Å²) in [4.78, 5) is 51.1. The summed E-state index contributed by atoms with van der Waals surface area (Å²) in [6.45, 7) is 5.58. The maximum absolute atomic E-state index is 13.1. The van der Waals surface area contributed by atoms with Crippen molar-refractivity contribution in [2.24, 2.45) is 0 Å². The Bertz CT molecular complexity index is 1980. The average molecular weight is 1100 g/mol. The molecule has 0 saturated carbocycles. The highest BCUT2D eigenvalue weighted by Gasteiger charge is 2.50. The molecule has 0 amide bonds. The maximum atomic E-state index is 13.1. The van der Waals surface area contributed by atoms with Gasteiger partial charge in [-0.25, -0.2) is 4.79 Å². The predicted octanol–water partition coefficient (Wildman–Crippen LogP) is 15.3. The van der Waals surface area contributed by atoms with Crippen LogP contribution in [0.5, 0.6) is 0 Å². The van der Waals surface area contributed by atoms with E-state index in [0.29, 0.717) is 25.7 Å². The smallest absolute Gasteiger partial charge is 0.335 e. The number of ether oxygens (including phenoxy) is 5. The van der Waals surface area contributed by atoms with Crippen molar-refractivity contribution in [3.8, 4) is 0 Å². The number of hydrogen-bond acceptors (Lipinski definition) is 11. The lowest BCUT2D eigenvalue weighted by molar-refractivity contribution is -0.301. The number of aliphatic carboxylic acids is 1. The Hall–Kier alpha value is -5.66. The average Bonchev–Trinajstić information content (AvgIpc) is 3.44. The van der Waals surface area contributed by atoms with Gasteiger partial charge in [-0.2, -0.15) is 0 Å². The molecule has 1 saturated heterocycles. The molecule has 1 aliphatic rings. The molecular formula is C67H100O12. The molecule has 0 aromatic heterocycles. The Morgan fingerprint density at radius 3 is 1.33 bits per heavy atom. The molecule has 0 aromatic carbocycles. The van der Waals surface area contributed by atoms with Gasteiger partial charge in [0.15, 0.2) is 24.6 Å². The van der Waals surface area contributed by atoms with Crippen LogP contribution in [0.25, 0.3) is 0 Å². The van der Waals surface area contributed by atoms with Gasteiger partial charge in [0, 0.05) is 12.8 Å². The van der Waals surface area contributed by atoms with Gasteiger partial charge in [0.2, 0.25) is 0 Å². The number of rotatable bonds is 47. The van der Waals surface area contributed by atoms with E-state index in [2.05, 4.69) is 142 Å². The summed E-state index contributed by atoms with van der Waals surface area (Å²) in [5.74, 6) is -3.44. The number of unbranched alkanes of at least 4 members (excludes halogenated alkanes) is 8. The van der Waals surface area contributed by atoms with Crippen molar-refractivity contribution in [2.45, 2.75) is 225 Å². The lowest BCUT2D eigenvalue weighted by atomic mass is 9.98. The van der Waals surface area contributed by atoms with Crippen molar-refractivity contribution >= 4 is 23.9 Å². The standard InChI is InChI=1S/C67H100O12/c1-4-7-10-13-16-19-22-25-28-29-30-31-34-37-40-43-46-49-52-55-61(70)78-65-63(72)62(71)64(66(73)74)79-67(65)76-57-58(77-60(69)54-51-48-45-42-39-36-33-27-24-21-18-15-12-9-6-3)56-75-59(68)53-50-47-44-41-38-35-32-26-23-20-17-14-11-8-5-2/h7-8,10-11,16-21,25-28,30-33,37-38,40-41,46-47,49-50,58,62-65,67,71-72H,4-6,9,12-15,22-24,29,34-36,39,42-45,48,51-57H2,1-3H3,(H,73,74)/b10-7-,11-8-,19-16-,20-17-,21-18-,28-25-,31-30-,32-26-,33-27-,40-37-,41-38-,49-46-,50-47-. The Morgan fingerprint density at radius 2 is 0.861 bits per heavy atom. The van der Waals surface area contributed by atoms with Crippen LogP contribution >= 0.6 is 0 Å². The quantitative estimate of drug-likeness (QED) is 0.0228. The normalized spacial score (nSPS) is 19.0. The third kappa shape index (κ3) is 42.9. The summed E-state index contributed by atoms with van der Waals surface area (Å²) < 4.78 is 28.2. The van der Waals surface area contributed by atoms with Crippen LogP contribution < -0.4 is 0 Å². The van der Waals surface area contributed by atoms with E-state index < -0.39 is 73.9 Å². The summed E-state index contributed by atoms with van der Waals surface area (Å²) in [6, 6.07) is 0. The minimum Gasteiger partial charge on any atom is -0.479 e. The van der Waals surface area contributed by atoms with E-state index in [9.17, 15) is 34.5 Å². The van der Waals surface area contributed by atoms with E-state index in [1.54, 1.807) is 6.08 Å². The van der Waals surface area contributed by atoms with Gasteiger partial charge in [-0.15, -0.1) is 0 Å². The van der Waals surface area contributed by atoms with Crippen molar-refractivity contribution in [3.05, 3.63) is 158 Å². The molecular weight excluding hydrogens is 997 g/mol. The number of esters is 3. The number of aliphatic hydroxyl groups is 2. The zero-order chi connectivity index (χ0) is 57.5. The fraction of sp³-hybridized carbons (Fsp3) is 0.552. The Labute approximate surface area is 475 Å². The molecule has 1 heterocycles. The molecule has 3 N–H and O–H groups in total. The minimum atomic E-state index is -1.95. The van der Waals surface area contributed by atoms with Crippen molar-refractivity contribution in [1.82, 2.24) is 0 Å². The van der Waals surface area contributed by atoms with Crippen LogP contribution in [0.15, 0.2) is 158 Å². The Morgan fingerprint density at radius 1 is 0.443 bits per heavy atom. The van der Waals surface area contributed by atoms with E-state index in [1.807, 2.05) is 30.4 Å². The van der Waals surface area contributed by atoms with E-state index in [0.717, 1.165) is 103 Å². The Kier molecular flexibility index (Phi) is 47.9. The summed E-state index contributed by atoms with van der Waals surface area (Å²) >= 11 is 0. The van der Waals surface area contributed by atoms with Crippen LogP contribution in [0.3, 0.4) is 0 Å². The van der Waals surface area contributed by atoms with E-state index >= 15 is 0 Å². The zero-order valence-corrected chi connectivity index (χ0v) is 48.3. The van der Waals surface area contributed by atoms with Gasteiger partial charge in [0.1, 0.15) is 18.8 Å². The van der Waals surface area contributed by atoms with Crippen LogP contribution in [0.4, 0.5) is 0 Å². The van der Waals surface area contributed by atoms with Gasteiger partial charge in [-0.3, -0.25) is 14.4 Å². The number of aliphatic hydroxyl groups excluding tert-OH is 2. The largest absolute Gasteiger partial charge is 0.479 e. The van der Waals surface area contributed by atoms with Crippen molar-refractivity contribution < 1.29 is 58.2 Å². The number of allylic oxidation sites excluding steroid dienone is 25. The molecule has 1 fully saturated rings. The molecule has 0 bridgehead atoms. The lowest BCUT2D eigenvalue weighted by Crippen LogP contribution is -2.61. The number of carboxylic acid groups (broad SMARTS) is 1. The van der Waals surface area contributed by atoms with Gasteiger partial charge >= 0.3 is 23.9 Å². The predicted molar refractivity (Wildman–Crippen MR) is 321 cm³/mol. The highest BCUT2D eigenvalue weighted by Crippen LogP contribution is 2.26. The summed E-state index contributed by atoms with van der Waals surface area (Å²) in [5, 5.41) is 31.5. The van der Waals surface area contributed by atoms with E-state index in [-0.39, 0.29) is 19.3 Å². The summed E-state index contributed by atoms with van der Waals surface area (Å²) in [5.41, 5.74) is 0. The van der Waals surface area contributed by atoms with Crippen LogP contribution in [0.1, 0.15) is 188 Å². The first-order chi connectivity index (χ1) is 38.6. The first kappa shape index (κ1) is 71.4. The van der Waals surface area contributed by atoms with Gasteiger partial charge in [-0.1, -0.05) is 211 Å². The summed E-state index contributed by atoms with van der Waals surface area (Å²) in [7, 11) is 0. The van der Waals surface area contributed by atoms with Crippen LogP contribution in [0, 0.1) is 0 Å². The molecule has 79 heavy (non-hydrogen) atoms. The van der Waals surface area contributed by atoms with E-state index in [4.69, 9.17) is 23.7 Å². The molecule has 0 spiro atoms. The zero-order valence-electron chi connectivity index (χ0n) is 48.3. The fourth-order valence-electron chi connectivity index (χ4n) is 7.67. The third-order valence-electron chi connectivity index (χ3n) is 12.1. The molecule has 6 atom stereocenters. The van der Waals surface area contributed by atoms with Crippen molar-refractivity contribution in [3.63, 3.8) is 0 Å². The van der Waals surface area contributed by atoms with Gasteiger partial charge in [0.25, 0.3) is 0 Å². The lowest BCUT2D eigenvalue weighted by Gasteiger charge is -2.40. The molecule has 1 rings (SSSR count). The molecule has 12 heteroatoms. The van der Waals surface area contributed by atoms with Crippen LogP contribution in [-0.4, -0.2) is 89.2 Å². The van der Waals surface area contributed by atoms with Gasteiger partial charge in [0.05, 0.1) is 13.0 Å². The molecule has 0 aromatic rings. The maximum Gasteiger partial charge on any atom is 0.335 e. The van der Waals surface area contributed by atoms with Crippen LogP contribution in [0.2, 0.25) is 0 Å². The fourth-order valence-corrected chi connectivity index (χ4v) is 7.67. The highest BCUT2D eigenvalue weighted by atomic mass is 16.7. The number of carbonyl (C=O) groups excluding carboxylic acids is 3. The molecule has 0 aliphatic carbocycles. The second kappa shape index (κ2) is 53.0. The van der Waals surface area contributed by atoms with Crippen LogP contribution in [-0.2, 0) is 42.9 Å². The number of carbonyl (C=O) groups is 4. The second-order valence-corrected chi connectivity index (χ2v) is 19.2.